The molecule has 2 heterocycles. The Labute approximate surface area is 77.2 Å². The standard InChI is InChI=1S/C11H12O2/c1-7-5-12-9-3-2-4-10-11(9)8(7)6-13-10/h5-6,9H,2-4H2,1H3/t9-/m0/s1. The molecule has 1 atom stereocenters. The van der Waals surface area contributed by atoms with Gasteiger partial charge in [0, 0.05) is 17.5 Å². The van der Waals surface area contributed by atoms with E-state index in [9.17, 15) is 0 Å². The Balaban J connectivity index is 2.22. The summed E-state index contributed by atoms with van der Waals surface area (Å²) >= 11 is 0. The fourth-order valence-electron chi connectivity index (χ4n) is 2.24. The largest absolute Gasteiger partial charge is 0.493 e. The predicted octanol–water partition coefficient (Wildman–Crippen LogP) is 3.05. The first-order valence-electron chi connectivity index (χ1n) is 4.79. The average Bonchev–Trinajstić information content (AvgIpc) is 2.57. The number of furan rings is 1. The third-order valence-electron chi connectivity index (χ3n) is 2.94. The summed E-state index contributed by atoms with van der Waals surface area (Å²) in [5.41, 5.74) is 3.75. The highest BCUT2D eigenvalue weighted by Crippen LogP contribution is 2.41. The number of ether oxygens (including phenoxy) is 1. The highest BCUT2D eigenvalue weighted by Gasteiger charge is 2.30. The fourth-order valence-corrected chi connectivity index (χ4v) is 2.24. The fraction of sp³-hybridized carbons (Fsp3) is 0.455. The molecule has 2 heteroatoms. The molecule has 13 heavy (non-hydrogen) atoms. The third-order valence-corrected chi connectivity index (χ3v) is 2.94. The van der Waals surface area contributed by atoms with Crippen LogP contribution >= 0.6 is 0 Å². The zero-order valence-corrected chi connectivity index (χ0v) is 7.67. The van der Waals surface area contributed by atoms with Gasteiger partial charge in [-0.2, -0.15) is 0 Å². The summed E-state index contributed by atoms with van der Waals surface area (Å²) in [7, 11) is 0. The Morgan fingerprint density at radius 2 is 2.38 bits per heavy atom. The molecule has 1 aromatic rings. The summed E-state index contributed by atoms with van der Waals surface area (Å²) in [6, 6.07) is 0. The van der Waals surface area contributed by atoms with Gasteiger partial charge in [0.1, 0.15) is 11.9 Å². The third kappa shape index (κ3) is 0.886. The smallest absolute Gasteiger partial charge is 0.127 e. The van der Waals surface area contributed by atoms with E-state index >= 15 is 0 Å². The second-order valence-electron chi connectivity index (χ2n) is 3.80. The molecule has 68 valence electrons. The zero-order valence-electron chi connectivity index (χ0n) is 7.67. The number of rotatable bonds is 0. The molecule has 2 aliphatic rings. The van der Waals surface area contributed by atoms with Gasteiger partial charge in [-0.1, -0.05) is 0 Å². The number of aryl methyl sites for hydroxylation is 1. The lowest BCUT2D eigenvalue weighted by Gasteiger charge is -2.26. The molecular weight excluding hydrogens is 164 g/mol. The van der Waals surface area contributed by atoms with E-state index in [0.717, 1.165) is 18.6 Å². The quantitative estimate of drug-likeness (QED) is 0.606. The van der Waals surface area contributed by atoms with Crippen LogP contribution in [0.4, 0.5) is 0 Å². The monoisotopic (exact) mass is 176 g/mol. The molecule has 0 aromatic carbocycles. The molecule has 0 unspecified atom stereocenters. The van der Waals surface area contributed by atoms with Gasteiger partial charge in [-0.25, -0.2) is 0 Å². The van der Waals surface area contributed by atoms with Gasteiger partial charge in [0.2, 0.25) is 0 Å². The molecule has 1 aliphatic carbocycles. The SMILES string of the molecule is CC1=CO[C@H]2CCCc3occ1c32. The van der Waals surface area contributed by atoms with E-state index in [1.54, 1.807) is 0 Å². The van der Waals surface area contributed by atoms with Crippen LogP contribution in [0, 0.1) is 0 Å². The molecule has 0 fully saturated rings. The summed E-state index contributed by atoms with van der Waals surface area (Å²) < 4.78 is 11.2. The molecular formula is C11H12O2. The van der Waals surface area contributed by atoms with Crippen molar-refractivity contribution >= 4 is 5.57 Å². The molecule has 1 aliphatic heterocycles. The van der Waals surface area contributed by atoms with Crippen molar-refractivity contribution in [3.05, 3.63) is 29.4 Å². The Bertz CT molecular complexity index is 373. The second kappa shape index (κ2) is 2.41. The topological polar surface area (TPSA) is 22.4 Å². The summed E-state index contributed by atoms with van der Waals surface area (Å²) in [4.78, 5) is 0. The molecule has 3 rings (SSSR count). The van der Waals surface area contributed by atoms with Crippen LogP contribution in [0.3, 0.4) is 0 Å². The molecule has 1 aromatic heterocycles. The predicted molar refractivity (Wildman–Crippen MR) is 49.1 cm³/mol. The van der Waals surface area contributed by atoms with Crippen molar-refractivity contribution < 1.29 is 9.15 Å². The maximum Gasteiger partial charge on any atom is 0.127 e. The van der Waals surface area contributed by atoms with E-state index in [-0.39, 0.29) is 6.10 Å². The maximum absolute atomic E-state index is 5.63. The van der Waals surface area contributed by atoms with Gasteiger partial charge >= 0.3 is 0 Å². The lowest BCUT2D eigenvalue weighted by atomic mass is 9.89. The number of hydrogen-bond donors (Lipinski definition) is 0. The lowest BCUT2D eigenvalue weighted by molar-refractivity contribution is 0.122. The molecule has 0 saturated carbocycles. The first-order chi connectivity index (χ1) is 6.36. The van der Waals surface area contributed by atoms with Crippen LogP contribution in [0.2, 0.25) is 0 Å². The summed E-state index contributed by atoms with van der Waals surface area (Å²) in [6.07, 6.45) is 7.37. The Morgan fingerprint density at radius 3 is 3.31 bits per heavy atom. The minimum Gasteiger partial charge on any atom is -0.493 e. The molecule has 0 bridgehead atoms. The molecule has 2 nitrogen and oxygen atoms in total. The van der Waals surface area contributed by atoms with Crippen molar-refractivity contribution in [3.8, 4) is 0 Å². The lowest BCUT2D eigenvalue weighted by Crippen LogP contribution is -2.13. The molecule has 0 saturated heterocycles. The first-order valence-corrected chi connectivity index (χ1v) is 4.79. The number of allylic oxidation sites excluding steroid dienone is 1. The minimum absolute atomic E-state index is 0.265. The average molecular weight is 176 g/mol. The highest BCUT2D eigenvalue weighted by atomic mass is 16.5. The molecule has 0 spiro atoms. The van der Waals surface area contributed by atoms with Gasteiger partial charge in [-0.15, -0.1) is 0 Å². The Hall–Kier alpha value is -1.18. The summed E-state index contributed by atoms with van der Waals surface area (Å²) in [5, 5.41) is 0. The van der Waals surface area contributed by atoms with Gasteiger partial charge < -0.3 is 9.15 Å². The first kappa shape index (κ1) is 7.25. The minimum atomic E-state index is 0.265. The van der Waals surface area contributed by atoms with E-state index < -0.39 is 0 Å². The van der Waals surface area contributed by atoms with Crippen LogP contribution in [0.5, 0.6) is 0 Å². The highest BCUT2D eigenvalue weighted by molar-refractivity contribution is 5.67. The van der Waals surface area contributed by atoms with Crippen LogP contribution in [-0.4, -0.2) is 0 Å². The van der Waals surface area contributed by atoms with Crippen LogP contribution in [0.1, 0.15) is 42.8 Å². The Kier molecular flexibility index (Phi) is 1.34. The second-order valence-corrected chi connectivity index (χ2v) is 3.80. The summed E-state index contributed by atoms with van der Waals surface area (Å²) in [5.74, 6) is 1.14. The van der Waals surface area contributed by atoms with Crippen molar-refractivity contribution in [1.82, 2.24) is 0 Å². The van der Waals surface area contributed by atoms with Gasteiger partial charge in [0.05, 0.1) is 12.5 Å². The van der Waals surface area contributed by atoms with E-state index in [0.29, 0.717) is 0 Å². The molecule has 0 amide bonds. The van der Waals surface area contributed by atoms with Gasteiger partial charge in [-0.05, 0) is 25.3 Å². The summed E-state index contributed by atoms with van der Waals surface area (Å²) in [6.45, 7) is 2.07. The van der Waals surface area contributed by atoms with Crippen LogP contribution in [0.15, 0.2) is 16.9 Å². The van der Waals surface area contributed by atoms with E-state index in [2.05, 4.69) is 6.92 Å². The molecule has 0 N–H and O–H groups in total. The van der Waals surface area contributed by atoms with Gasteiger partial charge in [-0.3, -0.25) is 0 Å². The van der Waals surface area contributed by atoms with Crippen molar-refractivity contribution in [1.29, 1.82) is 0 Å². The van der Waals surface area contributed by atoms with Crippen LogP contribution in [-0.2, 0) is 11.2 Å². The van der Waals surface area contributed by atoms with Crippen LogP contribution < -0.4 is 0 Å². The van der Waals surface area contributed by atoms with Crippen LogP contribution in [0.25, 0.3) is 5.57 Å². The van der Waals surface area contributed by atoms with Crippen molar-refractivity contribution in [2.75, 3.05) is 0 Å². The normalized spacial score (nSPS) is 24.7. The van der Waals surface area contributed by atoms with Crippen molar-refractivity contribution in [3.63, 3.8) is 0 Å². The molecule has 0 radical (unpaired) electrons. The maximum atomic E-state index is 5.63. The van der Waals surface area contributed by atoms with E-state index in [1.165, 1.54) is 23.1 Å². The van der Waals surface area contributed by atoms with E-state index in [4.69, 9.17) is 9.15 Å². The van der Waals surface area contributed by atoms with Gasteiger partial charge in [0.25, 0.3) is 0 Å². The van der Waals surface area contributed by atoms with Gasteiger partial charge in [0.15, 0.2) is 0 Å². The number of hydrogen-bond acceptors (Lipinski definition) is 2. The Morgan fingerprint density at radius 1 is 1.46 bits per heavy atom. The van der Waals surface area contributed by atoms with Crippen molar-refractivity contribution in [2.24, 2.45) is 0 Å². The van der Waals surface area contributed by atoms with E-state index in [1.807, 2.05) is 12.5 Å². The van der Waals surface area contributed by atoms with Crippen molar-refractivity contribution in [2.45, 2.75) is 32.3 Å². The zero-order chi connectivity index (χ0) is 8.84.